The molecular weight excluding hydrogens is 242 g/mol. The van der Waals surface area contributed by atoms with Crippen molar-refractivity contribution in [3.05, 3.63) is 18.0 Å². The van der Waals surface area contributed by atoms with Gasteiger partial charge in [-0.15, -0.1) is 0 Å². The Morgan fingerprint density at radius 2 is 2.05 bits per heavy atom. The van der Waals surface area contributed by atoms with Gasteiger partial charge >= 0.3 is 0 Å². The predicted molar refractivity (Wildman–Crippen MR) is 69.5 cm³/mol. The van der Waals surface area contributed by atoms with Crippen LogP contribution in [0, 0.1) is 11.3 Å². The largest absolute Gasteiger partial charge is 0.352 e. The van der Waals surface area contributed by atoms with Gasteiger partial charge in [-0.3, -0.25) is 0 Å². The van der Waals surface area contributed by atoms with Gasteiger partial charge in [0.05, 0.1) is 5.56 Å². The Morgan fingerprint density at radius 3 is 2.74 bits per heavy atom. The molecule has 2 aromatic heterocycles. The van der Waals surface area contributed by atoms with E-state index in [0.717, 1.165) is 18.7 Å². The van der Waals surface area contributed by atoms with Crippen LogP contribution in [0.25, 0.3) is 11.5 Å². The van der Waals surface area contributed by atoms with E-state index in [1.807, 2.05) is 6.07 Å². The second kappa shape index (κ2) is 5.14. The van der Waals surface area contributed by atoms with Crippen molar-refractivity contribution in [2.24, 2.45) is 0 Å². The predicted octanol–water partition coefficient (Wildman–Crippen LogP) is 2.32. The zero-order valence-electron chi connectivity index (χ0n) is 10.6. The standard InChI is InChI=1S/C13H15N5O/c14-8-11-7-10(9-15-11)12-16-13(17-19-12)18-5-3-1-2-4-6-18/h7,9,15H,1-6H2. The molecule has 2 aromatic rings. The minimum atomic E-state index is 0.456. The maximum atomic E-state index is 8.78. The molecule has 3 heterocycles. The number of anilines is 1. The first-order valence-corrected chi connectivity index (χ1v) is 6.54. The summed E-state index contributed by atoms with van der Waals surface area (Å²) in [6, 6.07) is 3.75. The van der Waals surface area contributed by atoms with E-state index in [4.69, 9.17) is 9.78 Å². The van der Waals surface area contributed by atoms with Crippen molar-refractivity contribution in [3.8, 4) is 17.5 Å². The van der Waals surface area contributed by atoms with Gasteiger partial charge in [0.2, 0.25) is 0 Å². The lowest BCUT2D eigenvalue weighted by Gasteiger charge is -2.16. The summed E-state index contributed by atoms with van der Waals surface area (Å²) in [6.07, 6.45) is 6.59. The Bertz CT molecular complexity index is 586. The SMILES string of the molecule is N#Cc1cc(-c2nc(N3CCCCCC3)no2)c[nH]1. The van der Waals surface area contributed by atoms with Gasteiger partial charge < -0.3 is 14.4 Å². The first kappa shape index (κ1) is 11.8. The highest BCUT2D eigenvalue weighted by Crippen LogP contribution is 2.22. The fraction of sp³-hybridized carbons (Fsp3) is 0.462. The van der Waals surface area contributed by atoms with Crippen LogP contribution in [-0.2, 0) is 0 Å². The van der Waals surface area contributed by atoms with E-state index in [-0.39, 0.29) is 0 Å². The molecule has 1 aliphatic rings. The summed E-state index contributed by atoms with van der Waals surface area (Å²) >= 11 is 0. The lowest BCUT2D eigenvalue weighted by atomic mass is 10.2. The minimum Gasteiger partial charge on any atom is -0.352 e. The summed E-state index contributed by atoms with van der Waals surface area (Å²) in [5.41, 5.74) is 1.25. The normalized spacial score (nSPS) is 16.1. The number of nitriles is 1. The number of hydrogen-bond donors (Lipinski definition) is 1. The van der Waals surface area contributed by atoms with Crippen molar-refractivity contribution in [1.82, 2.24) is 15.1 Å². The van der Waals surface area contributed by atoms with Crippen molar-refractivity contribution in [3.63, 3.8) is 0 Å². The fourth-order valence-electron chi connectivity index (χ4n) is 2.31. The maximum absolute atomic E-state index is 8.78. The third kappa shape index (κ3) is 2.45. The second-order valence-corrected chi connectivity index (χ2v) is 4.71. The average molecular weight is 257 g/mol. The molecule has 0 atom stereocenters. The van der Waals surface area contributed by atoms with Gasteiger partial charge in [0.1, 0.15) is 11.8 Å². The van der Waals surface area contributed by atoms with Crippen molar-refractivity contribution in [1.29, 1.82) is 5.26 Å². The molecule has 0 spiro atoms. The van der Waals surface area contributed by atoms with E-state index >= 15 is 0 Å². The molecule has 1 N–H and O–H groups in total. The van der Waals surface area contributed by atoms with Gasteiger partial charge in [-0.2, -0.15) is 10.2 Å². The van der Waals surface area contributed by atoms with Crippen LogP contribution in [0.1, 0.15) is 31.4 Å². The third-order valence-corrected chi connectivity index (χ3v) is 3.35. The molecule has 1 saturated heterocycles. The van der Waals surface area contributed by atoms with Gasteiger partial charge in [-0.1, -0.05) is 12.8 Å². The van der Waals surface area contributed by atoms with Gasteiger partial charge in [0.15, 0.2) is 0 Å². The van der Waals surface area contributed by atoms with Gasteiger partial charge in [-0.05, 0) is 24.1 Å². The lowest BCUT2D eigenvalue weighted by molar-refractivity contribution is 0.429. The first-order valence-electron chi connectivity index (χ1n) is 6.54. The van der Waals surface area contributed by atoms with Gasteiger partial charge in [0, 0.05) is 19.3 Å². The number of rotatable bonds is 2. The summed E-state index contributed by atoms with van der Waals surface area (Å²) in [6.45, 7) is 1.96. The van der Waals surface area contributed by atoms with Crippen LogP contribution in [0.3, 0.4) is 0 Å². The number of H-pyrrole nitrogens is 1. The zero-order chi connectivity index (χ0) is 13.1. The molecule has 0 unspecified atom stereocenters. The van der Waals surface area contributed by atoms with Gasteiger partial charge in [0.25, 0.3) is 11.8 Å². The topological polar surface area (TPSA) is 81.7 Å². The molecule has 6 heteroatoms. The molecule has 98 valence electrons. The minimum absolute atomic E-state index is 0.456. The molecule has 1 aliphatic heterocycles. The molecule has 19 heavy (non-hydrogen) atoms. The third-order valence-electron chi connectivity index (χ3n) is 3.35. The highest BCUT2D eigenvalue weighted by atomic mass is 16.5. The molecule has 0 aromatic carbocycles. The molecule has 6 nitrogen and oxygen atoms in total. The molecule has 0 amide bonds. The van der Waals surface area contributed by atoms with Crippen LogP contribution in [0.4, 0.5) is 5.95 Å². The smallest absolute Gasteiger partial charge is 0.266 e. The van der Waals surface area contributed by atoms with Crippen LogP contribution >= 0.6 is 0 Å². The second-order valence-electron chi connectivity index (χ2n) is 4.71. The van der Waals surface area contributed by atoms with E-state index in [1.165, 1.54) is 25.7 Å². The number of nitrogens with zero attached hydrogens (tertiary/aromatic N) is 4. The van der Waals surface area contributed by atoms with E-state index in [1.54, 1.807) is 12.3 Å². The van der Waals surface area contributed by atoms with E-state index in [9.17, 15) is 0 Å². The summed E-state index contributed by atoms with van der Waals surface area (Å²) in [5, 5.41) is 12.8. The Labute approximate surface area is 111 Å². The highest BCUT2D eigenvalue weighted by Gasteiger charge is 2.17. The first-order chi connectivity index (χ1) is 9.36. The Hall–Kier alpha value is -2.29. The molecule has 0 bridgehead atoms. The Balaban J connectivity index is 1.80. The number of hydrogen-bond acceptors (Lipinski definition) is 5. The molecule has 1 fully saturated rings. The number of nitrogens with one attached hydrogen (secondary N) is 1. The highest BCUT2D eigenvalue weighted by molar-refractivity contribution is 5.56. The summed E-state index contributed by atoms with van der Waals surface area (Å²) in [5.74, 6) is 1.11. The van der Waals surface area contributed by atoms with Crippen LogP contribution < -0.4 is 4.90 Å². The van der Waals surface area contributed by atoms with Crippen molar-refractivity contribution in [2.45, 2.75) is 25.7 Å². The number of aromatic amines is 1. The van der Waals surface area contributed by atoms with Crippen LogP contribution in [0.5, 0.6) is 0 Å². The van der Waals surface area contributed by atoms with Gasteiger partial charge in [-0.25, -0.2) is 0 Å². The number of aromatic nitrogens is 3. The van der Waals surface area contributed by atoms with Crippen LogP contribution in [0.2, 0.25) is 0 Å². The molecule has 3 rings (SSSR count). The Kier molecular flexibility index (Phi) is 3.19. The molecule has 0 saturated carbocycles. The summed E-state index contributed by atoms with van der Waals surface area (Å²) < 4.78 is 5.27. The van der Waals surface area contributed by atoms with Crippen molar-refractivity contribution < 1.29 is 4.52 Å². The zero-order valence-corrected chi connectivity index (χ0v) is 10.6. The summed E-state index contributed by atoms with van der Waals surface area (Å²) in [7, 11) is 0. The fourth-order valence-corrected chi connectivity index (χ4v) is 2.31. The van der Waals surface area contributed by atoms with E-state index in [0.29, 0.717) is 17.5 Å². The monoisotopic (exact) mass is 257 g/mol. The molecule has 0 radical (unpaired) electrons. The van der Waals surface area contributed by atoms with E-state index < -0.39 is 0 Å². The average Bonchev–Trinajstić information content (AvgIpc) is 3.02. The molecular formula is C13H15N5O. The Morgan fingerprint density at radius 1 is 1.26 bits per heavy atom. The quantitative estimate of drug-likeness (QED) is 0.892. The van der Waals surface area contributed by atoms with Crippen molar-refractivity contribution >= 4 is 5.95 Å². The lowest BCUT2D eigenvalue weighted by Crippen LogP contribution is -2.24. The maximum Gasteiger partial charge on any atom is 0.266 e. The molecule has 0 aliphatic carbocycles. The summed E-state index contributed by atoms with van der Waals surface area (Å²) in [4.78, 5) is 9.43. The van der Waals surface area contributed by atoms with E-state index in [2.05, 4.69) is 20.0 Å². The van der Waals surface area contributed by atoms with Crippen molar-refractivity contribution in [2.75, 3.05) is 18.0 Å². The van der Waals surface area contributed by atoms with Crippen LogP contribution in [-0.4, -0.2) is 28.2 Å². The van der Waals surface area contributed by atoms with Crippen LogP contribution in [0.15, 0.2) is 16.8 Å².